The molecule has 32 heavy (non-hydrogen) atoms. The van der Waals surface area contributed by atoms with Crippen LogP contribution in [0.1, 0.15) is 11.5 Å². The van der Waals surface area contributed by atoms with Crippen molar-refractivity contribution >= 4 is 16.9 Å². The number of nitrogens with zero attached hydrogens (tertiary/aromatic N) is 8. The molecule has 10 nitrogen and oxygen atoms in total. The van der Waals surface area contributed by atoms with Crippen molar-refractivity contribution in [3.8, 4) is 22.7 Å². The summed E-state index contributed by atoms with van der Waals surface area (Å²) in [5.74, 6) is 0.892. The van der Waals surface area contributed by atoms with Crippen LogP contribution in [-0.4, -0.2) is 46.6 Å². The molecule has 0 saturated carbocycles. The number of hydrogen-bond acceptors (Lipinski definition) is 8. The molecule has 0 atom stereocenters. The van der Waals surface area contributed by atoms with Gasteiger partial charge in [0.1, 0.15) is 40.8 Å². The Morgan fingerprint density at radius 3 is 2.78 bits per heavy atom. The largest absolute Gasteiger partial charge is 0.480 e. The van der Waals surface area contributed by atoms with Crippen LogP contribution in [0.2, 0.25) is 0 Å². The standard InChI is InChI=1S/C21H18FN9O/c1-12-26-19(23)18-15(14-7-24-11-25-21(14)32-2)10-30(20(18)27-12)8-13-9-31(29-28-13)17-6-4-3-5-16(17)22/h3-7,9-11H,8H2,1-2H3,(H2,23,26,27). The highest BCUT2D eigenvalue weighted by Gasteiger charge is 2.20. The van der Waals surface area contributed by atoms with Gasteiger partial charge in [0.2, 0.25) is 5.88 Å². The van der Waals surface area contributed by atoms with Gasteiger partial charge in [0.25, 0.3) is 0 Å². The lowest BCUT2D eigenvalue weighted by Crippen LogP contribution is -2.03. The van der Waals surface area contributed by atoms with Crippen LogP contribution < -0.4 is 10.5 Å². The first kappa shape index (κ1) is 19.5. The van der Waals surface area contributed by atoms with E-state index < -0.39 is 0 Å². The predicted molar refractivity (Wildman–Crippen MR) is 115 cm³/mol. The van der Waals surface area contributed by atoms with Crippen LogP contribution in [0.3, 0.4) is 0 Å². The molecule has 4 heterocycles. The molecule has 5 aromatic rings. The number of hydrogen-bond donors (Lipinski definition) is 1. The van der Waals surface area contributed by atoms with E-state index in [1.165, 1.54) is 24.2 Å². The smallest absolute Gasteiger partial charge is 0.224 e. The number of benzene rings is 1. The van der Waals surface area contributed by atoms with E-state index in [1.807, 2.05) is 10.8 Å². The maximum Gasteiger partial charge on any atom is 0.224 e. The molecule has 0 aliphatic heterocycles. The number of halogens is 1. The van der Waals surface area contributed by atoms with Crippen LogP contribution in [0.4, 0.5) is 10.2 Å². The van der Waals surface area contributed by atoms with Crippen molar-refractivity contribution in [2.24, 2.45) is 0 Å². The van der Waals surface area contributed by atoms with Crippen molar-refractivity contribution < 1.29 is 9.13 Å². The van der Waals surface area contributed by atoms with Crippen molar-refractivity contribution in [1.29, 1.82) is 0 Å². The summed E-state index contributed by atoms with van der Waals surface area (Å²) in [5, 5.41) is 8.92. The topological polar surface area (TPSA) is 122 Å². The SMILES string of the molecule is COc1ncncc1-c1cn(Cc2cn(-c3ccccc3F)nn2)c2nc(C)nc(N)c12. The number of methoxy groups -OCH3 is 1. The molecule has 0 aliphatic rings. The van der Waals surface area contributed by atoms with E-state index in [9.17, 15) is 4.39 Å². The number of para-hydroxylation sites is 1. The van der Waals surface area contributed by atoms with Crippen LogP contribution in [0, 0.1) is 12.7 Å². The predicted octanol–water partition coefficient (Wildman–Crippen LogP) is 2.56. The highest BCUT2D eigenvalue weighted by atomic mass is 19.1. The summed E-state index contributed by atoms with van der Waals surface area (Å²) in [6.07, 6.45) is 6.61. The number of nitrogen functional groups attached to an aromatic ring is 1. The highest BCUT2D eigenvalue weighted by molar-refractivity contribution is 6.01. The quantitative estimate of drug-likeness (QED) is 0.450. The van der Waals surface area contributed by atoms with Gasteiger partial charge in [-0.3, -0.25) is 0 Å². The van der Waals surface area contributed by atoms with Crippen LogP contribution in [0.25, 0.3) is 27.8 Å². The van der Waals surface area contributed by atoms with E-state index in [2.05, 4.69) is 30.2 Å². The zero-order valence-electron chi connectivity index (χ0n) is 17.3. The van der Waals surface area contributed by atoms with E-state index in [0.29, 0.717) is 52.0 Å². The first-order valence-corrected chi connectivity index (χ1v) is 9.68. The third-order valence-corrected chi connectivity index (χ3v) is 4.99. The molecule has 11 heteroatoms. The molecule has 0 radical (unpaired) electrons. The lowest BCUT2D eigenvalue weighted by Gasteiger charge is -2.06. The van der Waals surface area contributed by atoms with Crippen LogP contribution >= 0.6 is 0 Å². The molecular weight excluding hydrogens is 413 g/mol. The Morgan fingerprint density at radius 2 is 1.97 bits per heavy atom. The normalized spacial score (nSPS) is 11.2. The lowest BCUT2D eigenvalue weighted by molar-refractivity contribution is 0.398. The second-order valence-electron chi connectivity index (χ2n) is 7.08. The van der Waals surface area contributed by atoms with Gasteiger partial charge in [0, 0.05) is 18.0 Å². The second kappa shape index (κ2) is 7.69. The maximum atomic E-state index is 14.1. The summed E-state index contributed by atoms with van der Waals surface area (Å²) in [7, 11) is 1.54. The summed E-state index contributed by atoms with van der Waals surface area (Å²) < 4.78 is 22.8. The van der Waals surface area contributed by atoms with Crippen molar-refractivity contribution in [3.63, 3.8) is 0 Å². The Labute approximate surface area is 181 Å². The fraction of sp³-hybridized carbons (Fsp3) is 0.143. The zero-order chi connectivity index (χ0) is 22.2. The molecule has 0 fully saturated rings. The molecule has 0 bridgehead atoms. The van der Waals surface area contributed by atoms with Gasteiger partial charge in [-0.25, -0.2) is 29.0 Å². The molecule has 160 valence electrons. The number of rotatable bonds is 5. The van der Waals surface area contributed by atoms with Crippen LogP contribution in [0.15, 0.2) is 49.2 Å². The number of fused-ring (bicyclic) bond motifs is 1. The van der Waals surface area contributed by atoms with Crippen molar-refractivity contribution in [1.82, 2.24) is 39.5 Å². The summed E-state index contributed by atoms with van der Waals surface area (Å²) >= 11 is 0. The summed E-state index contributed by atoms with van der Waals surface area (Å²) in [5.41, 5.74) is 9.22. The third kappa shape index (κ3) is 3.29. The Balaban J connectivity index is 1.62. The molecule has 0 unspecified atom stereocenters. The molecular formula is C21H18FN9O. The number of nitrogens with two attached hydrogens (primary N) is 1. The molecule has 0 saturated heterocycles. The van der Waals surface area contributed by atoms with Gasteiger partial charge >= 0.3 is 0 Å². The maximum absolute atomic E-state index is 14.1. The zero-order valence-corrected chi connectivity index (χ0v) is 17.3. The van der Waals surface area contributed by atoms with Crippen LogP contribution in [-0.2, 0) is 6.54 Å². The minimum Gasteiger partial charge on any atom is -0.480 e. The lowest BCUT2D eigenvalue weighted by atomic mass is 10.1. The first-order valence-electron chi connectivity index (χ1n) is 9.68. The summed E-state index contributed by atoms with van der Waals surface area (Å²) in [6, 6.07) is 6.37. The number of aromatic nitrogens is 8. The Bertz CT molecular complexity index is 1440. The van der Waals surface area contributed by atoms with Gasteiger partial charge in [0.05, 0.1) is 30.8 Å². The highest BCUT2D eigenvalue weighted by Crippen LogP contribution is 2.36. The van der Waals surface area contributed by atoms with Gasteiger partial charge in [-0.1, -0.05) is 17.3 Å². The van der Waals surface area contributed by atoms with Crippen LogP contribution in [0.5, 0.6) is 5.88 Å². The van der Waals surface area contributed by atoms with E-state index >= 15 is 0 Å². The molecule has 0 spiro atoms. The molecule has 2 N–H and O–H groups in total. The third-order valence-electron chi connectivity index (χ3n) is 4.99. The minimum absolute atomic E-state index is 0.317. The first-order chi connectivity index (χ1) is 15.5. The van der Waals surface area contributed by atoms with Gasteiger partial charge in [-0.2, -0.15) is 0 Å². The van der Waals surface area contributed by atoms with Gasteiger partial charge in [-0.15, -0.1) is 5.10 Å². The Hall–Kier alpha value is -4.41. The molecule has 0 amide bonds. The Kier molecular flexibility index (Phi) is 4.70. The van der Waals surface area contributed by atoms with Gasteiger partial charge in [0.15, 0.2) is 0 Å². The van der Waals surface area contributed by atoms with E-state index in [4.69, 9.17) is 10.5 Å². The van der Waals surface area contributed by atoms with Gasteiger partial charge < -0.3 is 15.0 Å². The number of ether oxygens (including phenoxy) is 1. The van der Waals surface area contributed by atoms with E-state index in [1.54, 1.807) is 37.5 Å². The fourth-order valence-corrected chi connectivity index (χ4v) is 3.62. The van der Waals surface area contributed by atoms with Crippen molar-refractivity contribution in [2.75, 3.05) is 12.8 Å². The molecule has 1 aromatic carbocycles. The Morgan fingerprint density at radius 1 is 1.12 bits per heavy atom. The van der Waals surface area contributed by atoms with E-state index in [-0.39, 0.29) is 5.82 Å². The average molecular weight is 431 g/mol. The monoisotopic (exact) mass is 431 g/mol. The van der Waals surface area contributed by atoms with Gasteiger partial charge in [-0.05, 0) is 19.1 Å². The minimum atomic E-state index is -0.384. The van der Waals surface area contributed by atoms with E-state index in [0.717, 1.165) is 5.56 Å². The molecule has 4 aromatic heterocycles. The van der Waals surface area contributed by atoms with Crippen molar-refractivity contribution in [3.05, 3.63) is 66.5 Å². The number of aryl methyl sites for hydroxylation is 1. The molecule has 0 aliphatic carbocycles. The molecule has 5 rings (SSSR count). The fourth-order valence-electron chi connectivity index (χ4n) is 3.62. The van der Waals surface area contributed by atoms with Crippen molar-refractivity contribution in [2.45, 2.75) is 13.5 Å². The average Bonchev–Trinajstić information content (AvgIpc) is 3.39. The summed E-state index contributed by atoms with van der Waals surface area (Å²) in [6.45, 7) is 2.10. The number of anilines is 1. The summed E-state index contributed by atoms with van der Waals surface area (Å²) in [4.78, 5) is 17.2. The second-order valence-corrected chi connectivity index (χ2v) is 7.08.